The molecule has 1 heterocycles. The maximum Gasteiger partial charge on any atom is 0.0846 e. The number of rotatable bonds is 10. The summed E-state index contributed by atoms with van der Waals surface area (Å²) in [5.41, 5.74) is 8.34. The first-order valence-corrected chi connectivity index (χ1v) is 11.9. The van der Waals surface area contributed by atoms with E-state index in [1.54, 1.807) is 0 Å². The highest BCUT2D eigenvalue weighted by Gasteiger charge is 2.23. The Morgan fingerprint density at radius 3 is 2.06 bits per heavy atom. The molecule has 0 saturated carbocycles. The second kappa shape index (κ2) is 10.7. The van der Waals surface area contributed by atoms with Gasteiger partial charge in [-0.3, -0.25) is 4.90 Å². The summed E-state index contributed by atoms with van der Waals surface area (Å²) < 4.78 is 2.33. The minimum Gasteiger partial charge on any atom is -0.390 e. The molecular weight excluding hydrogens is 416 g/mol. The number of aromatic nitrogens is 1. The van der Waals surface area contributed by atoms with Gasteiger partial charge in [0.15, 0.2) is 0 Å². The van der Waals surface area contributed by atoms with E-state index in [1.807, 2.05) is 18.2 Å². The van der Waals surface area contributed by atoms with E-state index in [0.717, 1.165) is 11.3 Å². The van der Waals surface area contributed by atoms with Crippen LogP contribution >= 0.6 is 0 Å². The van der Waals surface area contributed by atoms with Crippen LogP contribution in [0.4, 0.5) is 0 Å². The summed E-state index contributed by atoms with van der Waals surface area (Å²) in [6.45, 7) is 14.5. The fourth-order valence-corrected chi connectivity index (χ4v) is 5.01. The molecule has 1 atom stereocenters. The molecule has 0 aliphatic rings. The lowest BCUT2D eigenvalue weighted by Gasteiger charge is -2.24. The molecule has 0 fully saturated rings. The first-order valence-electron chi connectivity index (χ1n) is 11.9. The lowest BCUT2D eigenvalue weighted by atomic mass is 9.97. The van der Waals surface area contributed by atoms with Crippen LogP contribution < -0.4 is 0 Å². The number of fused-ring (bicyclic) bond motifs is 1. The molecule has 0 spiro atoms. The molecule has 0 saturated heterocycles. The highest BCUT2D eigenvalue weighted by atomic mass is 16.3. The smallest absolute Gasteiger partial charge is 0.0846 e. The quantitative estimate of drug-likeness (QED) is 0.275. The minimum absolute atomic E-state index is 0.502. The normalized spacial score (nSPS) is 12.2. The van der Waals surface area contributed by atoms with Crippen molar-refractivity contribution in [2.75, 3.05) is 19.6 Å². The lowest BCUT2D eigenvalue weighted by Crippen LogP contribution is -2.35. The summed E-state index contributed by atoms with van der Waals surface area (Å²) in [5.74, 6) is 0. The Bertz CT molecular complexity index is 1260. The van der Waals surface area contributed by atoms with Gasteiger partial charge in [-0.05, 0) is 36.6 Å². The predicted molar refractivity (Wildman–Crippen MR) is 145 cm³/mol. The SMILES string of the molecule is C=CCN(CC=C)C[C@H](O)Cn1c(-c2ccccc2)c(-c2ccccc2)c2cc(C)cc(C)c21. The topological polar surface area (TPSA) is 28.4 Å². The van der Waals surface area contributed by atoms with E-state index in [1.165, 1.54) is 33.2 Å². The Morgan fingerprint density at radius 2 is 1.47 bits per heavy atom. The molecule has 1 N–H and O–H groups in total. The lowest BCUT2D eigenvalue weighted by molar-refractivity contribution is 0.110. The second-order valence-corrected chi connectivity index (χ2v) is 8.99. The van der Waals surface area contributed by atoms with Crippen molar-refractivity contribution >= 4 is 10.9 Å². The zero-order valence-electron chi connectivity index (χ0n) is 20.2. The number of hydrogen-bond acceptors (Lipinski definition) is 2. The predicted octanol–water partition coefficient (Wildman–Crippen LogP) is 6.63. The van der Waals surface area contributed by atoms with Crippen LogP contribution in [-0.4, -0.2) is 40.3 Å². The van der Waals surface area contributed by atoms with Gasteiger partial charge in [0.25, 0.3) is 0 Å². The summed E-state index contributed by atoms with van der Waals surface area (Å²) in [6.07, 6.45) is 3.20. The van der Waals surface area contributed by atoms with Crippen molar-refractivity contribution in [1.29, 1.82) is 0 Å². The van der Waals surface area contributed by atoms with Gasteiger partial charge in [-0.15, -0.1) is 13.2 Å². The maximum atomic E-state index is 11.3. The average Bonchev–Trinajstić information content (AvgIpc) is 3.14. The summed E-state index contributed by atoms with van der Waals surface area (Å²) in [4.78, 5) is 2.16. The van der Waals surface area contributed by atoms with Crippen LogP contribution in [0.3, 0.4) is 0 Å². The van der Waals surface area contributed by atoms with Crippen LogP contribution in [-0.2, 0) is 6.54 Å². The van der Waals surface area contributed by atoms with Crippen LogP contribution in [0.1, 0.15) is 11.1 Å². The van der Waals surface area contributed by atoms with Gasteiger partial charge >= 0.3 is 0 Å². The van der Waals surface area contributed by atoms with Gasteiger partial charge in [0.2, 0.25) is 0 Å². The number of aliphatic hydroxyl groups excluding tert-OH is 1. The molecule has 0 aliphatic carbocycles. The summed E-state index contributed by atoms with van der Waals surface area (Å²) in [5, 5.41) is 12.5. The number of aliphatic hydroxyl groups is 1. The van der Waals surface area contributed by atoms with E-state index < -0.39 is 6.10 Å². The van der Waals surface area contributed by atoms with Crippen LogP contribution in [0, 0.1) is 13.8 Å². The third kappa shape index (κ3) is 4.91. The Labute approximate surface area is 203 Å². The number of hydrogen-bond donors (Lipinski definition) is 1. The van der Waals surface area contributed by atoms with Gasteiger partial charge in [0.1, 0.15) is 0 Å². The molecule has 0 radical (unpaired) electrons. The number of nitrogens with zero attached hydrogens (tertiary/aromatic N) is 2. The summed E-state index contributed by atoms with van der Waals surface area (Å²) in [7, 11) is 0. The fraction of sp³-hybridized carbons (Fsp3) is 0.226. The first kappa shape index (κ1) is 23.7. The van der Waals surface area contributed by atoms with Gasteiger partial charge in [0, 0.05) is 30.6 Å². The zero-order chi connectivity index (χ0) is 24.1. The van der Waals surface area contributed by atoms with Crippen molar-refractivity contribution in [3.05, 3.63) is 109 Å². The molecule has 0 unspecified atom stereocenters. The van der Waals surface area contributed by atoms with Crippen molar-refractivity contribution in [2.45, 2.75) is 26.5 Å². The van der Waals surface area contributed by atoms with Gasteiger partial charge < -0.3 is 9.67 Å². The molecule has 0 aliphatic heterocycles. The second-order valence-electron chi connectivity index (χ2n) is 8.99. The van der Waals surface area contributed by atoms with Crippen molar-refractivity contribution in [2.24, 2.45) is 0 Å². The number of benzene rings is 3. The third-order valence-electron chi connectivity index (χ3n) is 6.24. The van der Waals surface area contributed by atoms with Gasteiger partial charge in [-0.1, -0.05) is 84.4 Å². The average molecular weight is 451 g/mol. The Morgan fingerprint density at radius 1 is 0.882 bits per heavy atom. The van der Waals surface area contributed by atoms with Crippen molar-refractivity contribution in [3.63, 3.8) is 0 Å². The molecule has 34 heavy (non-hydrogen) atoms. The van der Waals surface area contributed by atoms with Crippen LogP contribution in [0.15, 0.2) is 98.1 Å². The van der Waals surface area contributed by atoms with Gasteiger partial charge in [-0.25, -0.2) is 0 Å². The Hall–Kier alpha value is -3.40. The molecule has 1 aromatic heterocycles. The number of aryl methyl sites for hydroxylation is 2. The highest BCUT2D eigenvalue weighted by molar-refractivity contribution is 6.06. The van der Waals surface area contributed by atoms with E-state index in [4.69, 9.17) is 0 Å². The minimum atomic E-state index is -0.540. The van der Waals surface area contributed by atoms with E-state index in [-0.39, 0.29) is 0 Å². The molecule has 0 bridgehead atoms. The van der Waals surface area contributed by atoms with Gasteiger partial charge in [0.05, 0.1) is 23.9 Å². The molecule has 0 amide bonds. The monoisotopic (exact) mass is 450 g/mol. The third-order valence-corrected chi connectivity index (χ3v) is 6.24. The Kier molecular flexibility index (Phi) is 7.46. The van der Waals surface area contributed by atoms with E-state index in [2.05, 4.69) is 103 Å². The van der Waals surface area contributed by atoms with Crippen LogP contribution in [0.5, 0.6) is 0 Å². The molecule has 3 heteroatoms. The summed E-state index contributed by atoms with van der Waals surface area (Å²) >= 11 is 0. The standard InChI is InChI=1S/C31H34N2O/c1-5-17-32(18-6-2)21-27(34)22-33-30-24(4)19-23(3)20-28(30)29(25-13-9-7-10-14-25)31(33)26-15-11-8-12-16-26/h5-16,19-20,27,34H,1-2,17-18,21-22H2,3-4H3/t27-/m0/s1. The maximum absolute atomic E-state index is 11.3. The largest absolute Gasteiger partial charge is 0.390 e. The van der Waals surface area contributed by atoms with Crippen LogP contribution in [0.2, 0.25) is 0 Å². The van der Waals surface area contributed by atoms with E-state index in [9.17, 15) is 5.11 Å². The van der Waals surface area contributed by atoms with E-state index >= 15 is 0 Å². The van der Waals surface area contributed by atoms with Crippen molar-refractivity contribution in [3.8, 4) is 22.4 Å². The molecule has 3 aromatic carbocycles. The molecule has 4 rings (SSSR count). The molecular formula is C31H34N2O. The van der Waals surface area contributed by atoms with Crippen molar-refractivity contribution in [1.82, 2.24) is 9.47 Å². The van der Waals surface area contributed by atoms with E-state index in [0.29, 0.717) is 26.2 Å². The Balaban J connectivity index is 1.93. The summed E-state index contributed by atoms with van der Waals surface area (Å²) in [6, 6.07) is 25.6. The molecule has 3 nitrogen and oxygen atoms in total. The molecule has 174 valence electrons. The van der Waals surface area contributed by atoms with Crippen molar-refractivity contribution < 1.29 is 5.11 Å². The first-order chi connectivity index (χ1) is 16.5. The van der Waals surface area contributed by atoms with Gasteiger partial charge in [-0.2, -0.15) is 0 Å². The highest BCUT2D eigenvalue weighted by Crippen LogP contribution is 2.42. The van der Waals surface area contributed by atoms with Crippen LogP contribution in [0.25, 0.3) is 33.3 Å². The zero-order valence-corrected chi connectivity index (χ0v) is 20.2. The molecule has 4 aromatic rings. The fourth-order valence-electron chi connectivity index (χ4n) is 5.01.